The summed E-state index contributed by atoms with van der Waals surface area (Å²) in [6.07, 6.45) is 3.29. The largest absolute Gasteiger partial charge is 0.396 e. The molecule has 2 N–H and O–H groups in total. The number of fused-ring (bicyclic) bond motifs is 1. The van der Waals surface area contributed by atoms with Gasteiger partial charge in [0.15, 0.2) is 0 Å². The Kier molecular flexibility index (Phi) is 6.20. The van der Waals surface area contributed by atoms with Crippen LogP contribution in [0, 0.1) is 0 Å². The maximum Gasteiger partial charge on any atom is 0.241 e. The molecule has 0 spiro atoms. The van der Waals surface area contributed by atoms with E-state index >= 15 is 0 Å². The first-order valence-corrected chi connectivity index (χ1v) is 9.20. The lowest BCUT2D eigenvalue weighted by atomic mass is 10.1. The van der Waals surface area contributed by atoms with Crippen LogP contribution >= 0.6 is 11.6 Å². The number of sulfonamides is 1. The zero-order valence-corrected chi connectivity index (χ0v) is 13.8. The first-order chi connectivity index (χ1) is 10.6. The number of hydrogen-bond acceptors (Lipinski definition) is 3. The topological polar surface area (TPSA) is 66.4 Å². The van der Waals surface area contributed by atoms with Crippen LogP contribution in [0.3, 0.4) is 0 Å². The van der Waals surface area contributed by atoms with Gasteiger partial charge in [-0.25, -0.2) is 13.1 Å². The highest BCUT2D eigenvalue weighted by Gasteiger charge is 2.18. The molecule has 0 aliphatic heterocycles. The summed E-state index contributed by atoms with van der Waals surface area (Å²) in [6, 6.07) is 10.5. The third-order valence-corrected chi connectivity index (χ3v) is 5.30. The molecule has 2 rings (SSSR count). The van der Waals surface area contributed by atoms with E-state index in [0.29, 0.717) is 17.0 Å². The molecule has 0 saturated carbocycles. The molecule has 0 aromatic heterocycles. The second kappa shape index (κ2) is 7.92. The third kappa shape index (κ3) is 4.20. The van der Waals surface area contributed by atoms with Crippen molar-refractivity contribution >= 4 is 32.4 Å². The quantitative estimate of drug-likeness (QED) is 0.724. The van der Waals surface area contributed by atoms with Gasteiger partial charge < -0.3 is 5.11 Å². The van der Waals surface area contributed by atoms with Crippen LogP contribution in [0.4, 0.5) is 0 Å². The normalized spacial score (nSPS) is 11.9. The van der Waals surface area contributed by atoms with E-state index in [4.69, 9.17) is 16.7 Å². The van der Waals surface area contributed by atoms with Crippen molar-refractivity contribution in [2.45, 2.75) is 30.6 Å². The van der Waals surface area contributed by atoms with E-state index in [1.54, 1.807) is 24.3 Å². The van der Waals surface area contributed by atoms with Crippen LogP contribution in [0.25, 0.3) is 10.8 Å². The summed E-state index contributed by atoms with van der Waals surface area (Å²) in [6.45, 7) is 0.564. The van der Waals surface area contributed by atoms with Crippen LogP contribution in [0.1, 0.15) is 25.7 Å². The van der Waals surface area contributed by atoms with Crippen molar-refractivity contribution in [2.75, 3.05) is 13.2 Å². The average molecular weight is 342 g/mol. The Balaban J connectivity index is 2.13. The van der Waals surface area contributed by atoms with Crippen molar-refractivity contribution in [3.05, 3.63) is 41.4 Å². The molecule has 0 heterocycles. The number of hydrogen-bond donors (Lipinski definition) is 2. The number of rotatable bonds is 8. The van der Waals surface area contributed by atoms with Crippen LogP contribution < -0.4 is 4.72 Å². The molecule has 0 saturated heterocycles. The molecule has 0 amide bonds. The van der Waals surface area contributed by atoms with Gasteiger partial charge in [-0.1, -0.05) is 48.7 Å². The summed E-state index contributed by atoms with van der Waals surface area (Å²) in [7, 11) is -3.59. The summed E-state index contributed by atoms with van der Waals surface area (Å²) < 4.78 is 27.6. The fourth-order valence-electron chi connectivity index (χ4n) is 2.36. The second-order valence-electron chi connectivity index (χ2n) is 5.13. The van der Waals surface area contributed by atoms with Crippen LogP contribution in [0.15, 0.2) is 41.3 Å². The van der Waals surface area contributed by atoms with Gasteiger partial charge in [0.1, 0.15) is 0 Å². The van der Waals surface area contributed by atoms with Crippen LogP contribution in [0.2, 0.25) is 5.02 Å². The molecule has 0 fully saturated rings. The number of aliphatic hydroxyl groups is 1. The minimum atomic E-state index is -3.59. The van der Waals surface area contributed by atoms with Crippen LogP contribution in [0.5, 0.6) is 0 Å². The fourth-order valence-corrected chi connectivity index (χ4v) is 4.02. The smallest absolute Gasteiger partial charge is 0.241 e. The highest BCUT2D eigenvalue weighted by molar-refractivity contribution is 7.89. The van der Waals surface area contributed by atoms with Crippen molar-refractivity contribution in [3.8, 4) is 0 Å². The molecule has 120 valence electrons. The summed E-state index contributed by atoms with van der Waals surface area (Å²) in [5, 5.41) is 10.5. The van der Waals surface area contributed by atoms with Gasteiger partial charge in [-0.15, -0.1) is 0 Å². The minimum absolute atomic E-state index is 0.181. The van der Waals surface area contributed by atoms with Gasteiger partial charge in [0, 0.05) is 23.6 Å². The van der Waals surface area contributed by atoms with E-state index < -0.39 is 10.0 Å². The SMILES string of the molecule is O=S(=O)(NCCCCCCO)c1cccc2cccc(Cl)c12. The molecule has 0 aliphatic carbocycles. The van der Waals surface area contributed by atoms with Crippen molar-refractivity contribution in [3.63, 3.8) is 0 Å². The number of halogens is 1. The fraction of sp³-hybridized carbons (Fsp3) is 0.375. The van der Waals surface area contributed by atoms with Gasteiger partial charge in [-0.3, -0.25) is 0 Å². The van der Waals surface area contributed by atoms with Gasteiger partial charge in [0.2, 0.25) is 10.0 Å². The van der Waals surface area contributed by atoms with E-state index in [9.17, 15) is 8.42 Å². The van der Waals surface area contributed by atoms with E-state index in [0.717, 1.165) is 31.1 Å². The molecule has 4 nitrogen and oxygen atoms in total. The van der Waals surface area contributed by atoms with Gasteiger partial charge >= 0.3 is 0 Å². The van der Waals surface area contributed by atoms with Crippen LogP contribution in [-0.4, -0.2) is 26.7 Å². The lowest BCUT2D eigenvalue weighted by Gasteiger charge is -2.10. The first-order valence-electron chi connectivity index (χ1n) is 7.34. The molecule has 2 aromatic carbocycles. The number of nitrogens with one attached hydrogen (secondary N) is 1. The van der Waals surface area contributed by atoms with Crippen LogP contribution in [-0.2, 0) is 10.0 Å². The number of benzene rings is 2. The molecule has 0 unspecified atom stereocenters. The third-order valence-electron chi connectivity index (χ3n) is 3.48. The molecule has 0 atom stereocenters. The number of aliphatic hydroxyl groups excluding tert-OH is 1. The zero-order valence-electron chi connectivity index (χ0n) is 12.3. The second-order valence-corrected chi connectivity index (χ2v) is 7.27. The maximum atomic E-state index is 12.5. The maximum absolute atomic E-state index is 12.5. The molecule has 6 heteroatoms. The Labute approximate surface area is 136 Å². The van der Waals surface area contributed by atoms with E-state index in [1.165, 1.54) is 0 Å². The Morgan fingerprint density at radius 2 is 1.68 bits per heavy atom. The Morgan fingerprint density at radius 1 is 1.00 bits per heavy atom. The summed E-state index contributed by atoms with van der Waals surface area (Å²) in [5.41, 5.74) is 0. The Morgan fingerprint density at radius 3 is 2.41 bits per heavy atom. The van der Waals surface area contributed by atoms with Gasteiger partial charge in [0.05, 0.1) is 4.90 Å². The van der Waals surface area contributed by atoms with Gasteiger partial charge in [-0.2, -0.15) is 0 Å². The molecular formula is C16H20ClNO3S. The van der Waals surface area contributed by atoms with E-state index in [2.05, 4.69) is 4.72 Å². The number of unbranched alkanes of at least 4 members (excludes halogenated alkanes) is 3. The molecule has 0 aliphatic rings. The lowest BCUT2D eigenvalue weighted by Crippen LogP contribution is -2.25. The summed E-state index contributed by atoms with van der Waals surface area (Å²) >= 11 is 6.17. The first kappa shape index (κ1) is 17.2. The monoisotopic (exact) mass is 341 g/mol. The standard InChI is InChI=1S/C16H20ClNO3S/c17-14-9-5-7-13-8-6-10-15(16(13)14)22(20,21)18-11-3-1-2-4-12-19/h5-10,18-19H,1-4,11-12H2. The Bertz CT molecular complexity index is 726. The lowest BCUT2D eigenvalue weighted by molar-refractivity contribution is 0.282. The van der Waals surface area contributed by atoms with Crippen molar-refractivity contribution in [1.82, 2.24) is 4.72 Å². The molecule has 2 aromatic rings. The predicted octanol–water partition coefficient (Wildman–Crippen LogP) is 3.32. The van der Waals surface area contributed by atoms with Gasteiger partial charge in [-0.05, 0) is 30.4 Å². The van der Waals surface area contributed by atoms with E-state index in [-0.39, 0.29) is 11.5 Å². The molecular weight excluding hydrogens is 322 g/mol. The van der Waals surface area contributed by atoms with Gasteiger partial charge in [0.25, 0.3) is 0 Å². The summed E-state index contributed by atoms with van der Waals surface area (Å²) in [5.74, 6) is 0. The molecule has 0 radical (unpaired) electrons. The molecule has 0 bridgehead atoms. The Hall–Kier alpha value is -1.14. The zero-order chi connectivity index (χ0) is 16.0. The van der Waals surface area contributed by atoms with Crippen molar-refractivity contribution < 1.29 is 13.5 Å². The summed E-state index contributed by atoms with van der Waals surface area (Å²) in [4.78, 5) is 0.214. The van der Waals surface area contributed by atoms with E-state index in [1.807, 2.05) is 12.1 Å². The highest BCUT2D eigenvalue weighted by atomic mass is 35.5. The predicted molar refractivity (Wildman–Crippen MR) is 89.7 cm³/mol. The van der Waals surface area contributed by atoms with Crippen molar-refractivity contribution in [2.24, 2.45) is 0 Å². The minimum Gasteiger partial charge on any atom is -0.396 e. The highest BCUT2D eigenvalue weighted by Crippen LogP contribution is 2.29. The average Bonchev–Trinajstić information content (AvgIpc) is 2.50. The molecule has 22 heavy (non-hydrogen) atoms. The van der Waals surface area contributed by atoms with Crippen molar-refractivity contribution in [1.29, 1.82) is 0 Å².